The Hall–Kier alpha value is -2.95. The Kier molecular flexibility index (Phi) is 5.69. The van der Waals surface area contributed by atoms with E-state index < -0.39 is 0 Å². The van der Waals surface area contributed by atoms with Crippen molar-refractivity contribution in [1.82, 2.24) is 4.90 Å². The van der Waals surface area contributed by atoms with Gasteiger partial charge in [-0.3, -0.25) is 4.79 Å². The van der Waals surface area contributed by atoms with Gasteiger partial charge >= 0.3 is 0 Å². The number of carbonyl (C=O) groups excluding carboxylic acids is 1. The van der Waals surface area contributed by atoms with Crippen LogP contribution < -0.4 is 14.2 Å². The van der Waals surface area contributed by atoms with E-state index in [0.29, 0.717) is 12.3 Å². The number of benzene rings is 2. The van der Waals surface area contributed by atoms with Crippen LogP contribution in [0.4, 0.5) is 0 Å². The lowest BCUT2D eigenvalue weighted by molar-refractivity contribution is -0.128. The molecule has 0 spiro atoms. The number of fused-ring (bicyclic) bond motifs is 1. The Morgan fingerprint density at radius 3 is 2.33 bits per heavy atom. The molecule has 2 aromatic rings. The topological polar surface area (TPSA) is 48.0 Å². The first-order chi connectivity index (χ1) is 13.1. The number of ether oxygens (including phenoxy) is 3. The van der Waals surface area contributed by atoms with Gasteiger partial charge in [-0.2, -0.15) is 0 Å². The average Bonchev–Trinajstić information content (AvgIpc) is 2.71. The van der Waals surface area contributed by atoms with Crippen LogP contribution >= 0.6 is 0 Å². The van der Waals surface area contributed by atoms with Crippen molar-refractivity contribution in [3.05, 3.63) is 59.2 Å². The molecule has 1 aliphatic heterocycles. The maximum atomic E-state index is 12.8. The third-order valence-electron chi connectivity index (χ3n) is 5.00. The fourth-order valence-electron chi connectivity index (χ4n) is 3.42. The summed E-state index contributed by atoms with van der Waals surface area (Å²) in [5.74, 6) is 2.21. The van der Waals surface area contributed by atoms with E-state index in [4.69, 9.17) is 14.2 Å². The molecule has 27 heavy (non-hydrogen) atoms. The summed E-state index contributed by atoms with van der Waals surface area (Å²) in [7, 11) is 4.89. The fraction of sp³-hybridized carbons (Fsp3) is 0.318. The van der Waals surface area contributed by atoms with Gasteiger partial charge in [0.15, 0.2) is 11.5 Å². The minimum absolute atomic E-state index is 0.00115. The lowest BCUT2D eigenvalue weighted by Crippen LogP contribution is -2.37. The summed E-state index contributed by atoms with van der Waals surface area (Å²) in [6.07, 6.45) is 4.25. The predicted molar refractivity (Wildman–Crippen MR) is 105 cm³/mol. The van der Waals surface area contributed by atoms with Gasteiger partial charge in [0.05, 0.1) is 27.4 Å². The maximum absolute atomic E-state index is 12.8. The number of nitrogens with zero attached hydrogens (tertiary/aromatic N) is 1. The molecule has 1 atom stereocenters. The molecule has 0 saturated heterocycles. The molecular weight excluding hydrogens is 342 g/mol. The number of carbonyl (C=O) groups is 1. The Bertz CT molecular complexity index is 842. The summed E-state index contributed by atoms with van der Waals surface area (Å²) < 4.78 is 16.0. The van der Waals surface area contributed by atoms with E-state index in [1.807, 2.05) is 54.3 Å². The first-order valence-corrected chi connectivity index (χ1v) is 8.95. The van der Waals surface area contributed by atoms with Crippen molar-refractivity contribution in [2.75, 3.05) is 27.9 Å². The van der Waals surface area contributed by atoms with Gasteiger partial charge < -0.3 is 19.1 Å². The molecule has 2 aromatic carbocycles. The summed E-state index contributed by atoms with van der Waals surface area (Å²) >= 11 is 0. The van der Waals surface area contributed by atoms with Gasteiger partial charge in [-0.1, -0.05) is 12.1 Å². The monoisotopic (exact) mass is 367 g/mol. The molecule has 3 rings (SSSR count). The minimum Gasteiger partial charge on any atom is -0.497 e. The number of hydrogen-bond donors (Lipinski definition) is 0. The van der Waals surface area contributed by atoms with Crippen LogP contribution in [0.2, 0.25) is 0 Å². The zero-order chi connectivity index (χ0) is 19.4. The summed E-state index contributed by atoms with van der Waals surface area (Å²) in [6, 6.07) is 11.6. The highest BCUT2D eigenvalue weighted by Crippen LogP contribution is 2.37. The van der Waals surface area contributed by atoms with Gasteiger partial charge in [0.1, 0.15) is 5.75 Å². The molecular formula is C22H25NO4. The zero-order valence-corrected chi connectivity index (χ0v) is 16.2. The van der Waals surface area contributed by atoms with Crippen molar-refractivity contribution in [2.24, 2.45) is 0 Å². The summed E-state index contributed by atoms with van der Waals surface area (Å²) in [5.41, 5.74) is 3.26. The van der Waals surface area contributed by atoms with Crippen LogP contribution in [0.25, 0.3) is 6.08 Å². The van der Waals surface area contributed by atoms with Crippen LogP contribution in [-0.2, 0) is 11.2 Å². The zero-order valence-electron chi connectivity index (χ0n) is 16.2. The van der Waals surface area contributed by atoms with Crippen LogP contribution in [0.1, 0.15) is 29.7 Å². The van der Waals surface area contributed by atoms with Crippen molar-refractivity contribution in [3.63, 3.8) is 0 Å². The first kappa shape index (κ1) is 18.8. The summed E-state index contributed by atoms with van der Waals surface area (Å²) in [5, 5.41) is 0. The largest absolute Gasteiger partial charge is 0.497 e. The number of rotatable bonds is 5. The molecule has 0 aromatic heterocycles. The number of amides is 1. The number of hydrogen-bond acceptors (Lipinski definition) is 4. The molecule has 142 valence electrons. The molecule has 1 amide bonds. The van der Waals surface area contributed by atoms with Crippen molar-refractivity contribution in [3.8, 4) is 17.2 Å². The van der Waals surface area contributed by atoms with Gasteiger partial charge in [0, 0.05) is 12.6 Å². The first-order valence-electron chi connectivity index (χ1n) is 8.95. The van der Waals surface area contributed by atoms with E-state index in [2.05, 4.69) is 0 Å². The fourth-order valence-corrected chi connectivity index (χ4v) is 3.42. The van der Waals surface area contributed by atoms with E-state index in [-0.39, 0.29) is 11.9 Å². The lowest BCUT2D eigenvalue weighted by Gasteiger charge is -2.35. The van der Waals surface area contributed by atoms with E-state index in [9.17, 15) is 4.79 Å². The molecule has 0 saturated carbocycles. The van der Waals surface area contributed by atoms with Crippen LogP contribution in [0, 0.1) is 0 Å². The van der Waals surface area contributed by atoms with Gasteiger partial charge in [-0.15, -0.1) is 0 Å². The van der Waals surface area contributed by atoms with Crippen molar-refractivity contribution < 1.29 is 19.0 Å². The second kappa shape index (κ2) is 8.16. The molecule has 0 bridgehead atoms. The standard InChI is InChI=1S/C22H25NO4/c1-15-19-14-21(27-4)20(26-3)13-17(19)11-12-23(15)22(24)10-7-16-5-8-18(25-2)9-6-16/h5-10,13-15H,11-12H2,1-4H3. The van der Waals surface area contributed by atoms with Crippen molar-refractivity contribution in [2.45, 2.75) is 19.4 Å². The van der Waals surface area contributed by atoms with E-state index in [1.54, 1.807) is 27.4 Å². The number of methoxy groups -OCH3 is 3. The second-order valence-electron chi connectivity index (χ2n) is 6.47. The van der Waals surface area contributed by atoms with Gasteiger partial charge in [-0.25, -0.2) is 0 Å². The molecule has 0 aliphatic carbocycles. The SMILES string of the molecule is COc1ccc(C=CC(=O)N2CCc3cc(OC)c(OC)cc3C2C)cc1. The smallest absolute Gasteiger partial charge is 0.247 e. The Labute approximate surface area is 160 Å². The van der Waals surface area contributed by atoms with Crippen LogP contribution in [0.15, 0.2) is 42.5 Å². The third kappa shape index (κ3) is 3.92. The third-order valence-corrected chi connectivity index (χ3v) is 5.00. The van der Waals surface area contributed by atoms with E-state index in [1.165, 1.54) is 5.56 Å². The van der Waals surface area contributed by atoms with Crippen LogP contribution in [-0.4, -0.2) is 38.7 Å². The molecule has 1 heterocycles. The highest BCUT2D eigenvalue weighted by atomic mass is 16.5. The Morgan fingerprint density at radius 1 is 1.04 bits per heavy atom. The highest BCUT2D eigenvalue weighted by Gasteiger charge is 2.28. The lowest BCUT2D eigenvalue weighted by atomic mass is 9.92. The predicted octanol–water partition coefficient (Wildman–Crippen LogP) is 3.87. The van der Waals surface area contributed by atoms with E-state index in [0.717, 1.165) is 29.0 Å². The van der Waals surface area contributed by atoms with Gasteiger partial charge in [0.2, 0.25) is 5.91 Å². The van der Waals surface area contributed by atoms with Crippen LogP contribution in [0.5, 0.6) is 17.2 Å². The van der Waals surface area contributed by atoms with Crippen LogP contribution in [0.3, 0.4) is 0 Å². The molecule has 5 heteroatoms. The van der Waals surface area contributed by atoms with Crippen molar-refractivity contribution >= 4 is 12.0 Å². The quantitative estimate of drug-likeness (QED) is 0.753. The molecule has 1 unspecified atom stereocenters. The molecule has 5 nitrogen and oxygen atoms in total. The van der Waals surface area contributed by atoms with Gasteiger partial charge in [0.25, 0.3) is 0 Å². The minimum atomic E-state index is -0.0263. The van der Waals surface area contributed by atoms with E-state index >= 15 is 0 Å². The second-order valence-corrected chi connectivity index (χ2v) is 6.47. The average molecular weight is 367 g/mol. The normalized spacial score (nSPS) is 16.1. The summed E-state index contributed by atoms with van der Waals surface area (Å²) in [4.78, 5) is 14.6. The molecule has 1 aliphatic rings. The Morgan fingerprint density at radius 2 is 1.70 bits per heavy atom. The Balaban J connectivity index is 1.78. The summed E-state index contributed by atoms with van der Waals surface area (Å²) in [6.45, 7) is 2.72. The van der Waals surface area contributed by atoms with Crippen molar-refractivity contribution in [1.29, 1.82) is 0 Å². The van der Waals surface area contributed by atoms with Gasteiger partial charge in [-0.05, 0) is 60.4 Å². The highest BCUT2D eigenvalue weighted by molar-refractivity contribution is 5.92. The molecule has 0 fully saturated rings. The molecule has 0 N–H and O–H groups in total. The maximum Gasteiger partial charge on any atom is 0.247 e. The molecule has 0 radical (unpaired) electrons.